The predicted octanol–water partition coefficient (Wildman–Crippen LogP) is 3.61. The molecular weight excluding hydrogens is 404 g/mol. The van der Waals surface area contributed by atoms with Crippen LogP contribution >= 0.6 is 11.6 Å². The maximum absolute atomic E-state index is 12.7. The second-order valence-electron chi connectivity index (χ2n) is 6.12. The van der Waals surface area contributed by atoms with Crippen molar-refractivity contribution in [3.63, 3.8) is 0 Å². The quantitative estimate of drug-likeness (QED) is 0.672. The molecule has 152 valence electrons. The number of rotatable bonds is 8. The SMILES string of the molecule is CCC(NC(=O)c1ccc(NS(C)(=O)=O)cc1Cl)c1ccc(OC)c(OC)c1. The third-order valence-electron chi connectivity index (χ3n) is 4.04. The van der Waals surface area contributed by atoms with E-state index in [0.717, 1.165) is 11.8 Å². The van der Waals surface area contributed by atoms with Crippen molar-refractivity contribution in [2.24, 2.45) is 0 Å². The Morgan fingerprint density at radius 3 is 2.32 bits per heavy atom. The predicted molar refractivity (Wildman–Crippen MR) is 110 cm³/mol. The first kappa shape index (κ1) is 21.8. The Bertz CT molecular complexity index is 963. The second kappa shape index (κ2) is 9.16. The van der Waals surface area contributed by atoms with E-state index < -0.39 is 10.0 Å². The van der Waals surface area contributed by atoms with Crippen molar-refractivity contribution in [2.45, 2.75) is 19.4 Å². The summed E-state index contributed by atoms with van der Waals surface area (Å²) in [5.41, 5.74) is 1.40. The van der Waals surface area contributed by atoms with Crippen molar-refractivity contribution in [1.82, 2.24) is 5.32 Å². The molecule has 2 N–H and O–H groups in total. The minimum atomic E-state index is -3.43. The van der Waals surface area contributed by atoms with E-state index in [9.17, 15) is 13.2 Å². The van der Waals surface area contributed by atoms with Crippen LogP contribution in [-0.2, 0) is 10.0 Å². The lowest BCUT2D eigenvalue weighted by Gasteiger charge is -2.19. The number of sulfonamides is 1. The lowest BCUT2D eigenvalue weighted by Crippen LogP contribution is -2.28. The maximum Gasteiger partial charge on any atom is 0.253 e. The molecule has 0 radical (unpaired) electrons. The first-order valence-corrected chi connectivity index (χ1v) is 10.8. The third kappa shape index (κ3) is 5.53. The molecule has 0 spiro atoms. The Kier molecular flexibility index (Phi) is 7.15. The summed E-state index contributed by atoms with van der Waals surface area (Å²) in [5.74, 6) is 0.809. The summed E-state index contributed by atoms with van der Waals surface area (Å²) in [4.78, 5) is 12.7. The number of halogens is 1. The topological polar surface area (TPSA) is 93.7 Å². The molecule has 0 bridgehead atoms. The number of methoxy groups -OCH3 is 2. The van der Waals surface area contributed by atoms with E-state index >= 15 is 0 Å². The Hall–Kier alpha value is -2.45. The van der Waals surface area contributed by atoms with Gasteiger partial charge in [0.2, 0.25) is 10.0 Å². The molecule has 0 fully saturated rings. The molecule has 9 heteroatoms. The number of amides is 1. The molecule has 0 heterocycles. The zero-order valence-electron chi connectivity index (χ0n) is 16.1. The Morgan fingerprint density at radius 2 is 1.79 bits per heavy atom. The number of anilines is 1. The molecule has 7 nitrogen and oxygen atoms in total. The zero-order valence-corrected chi connectivity index (χ0v) is 17.6. The highest BCUT2D eigenvalue weighted by Crippen LogP contribution is 2.31. The highest BCUT2D eigenvalue weighted by Gasteiger charge is 2.18. The van der Waals surface area contributed by atoms with E-state index in [0.29, 0.717) is 17.9 Å². The number of nitrogens with one attached hydrogen (secondary N) is 2. The van der Waals surface area contributed by atoms with Crippen molar-refractivity contribution < 1.29 is 22.7 Å². The van der Waals surface area contributed by atoms with Crippen LogP contribution in [0.25, 0.3) is 0 Å². The van der Waals surface area contributed by atoms with Crippen LogP contribution in [0.4, 0.5) is 5.69 Å². The fourth-order valence-electron chi connectivity index (χ4n) is 2.70. The average Bonchev–Trinajstić information content (AvgIpc) is 2.64. The maximum atomic E-state index is 12.7. The fraction of sp³-hybridized carbons (Fsp3) is 0.316. The van der Waals surface area contributed by atoms with Gasteiger partial charge in [-0.05, 0) is 42.3 Å². The van der Waals surface area contributed by atoms with E-state index in [4.69, 9.17) is 21.1 Å². The first-order chi connectivity index (χ1) is 13.2. The molecule has 28 heavy (non-hydrogen) atoms. The molecule has 2 aromatic carbocycles. The van der Waals surface area contributed by atoms with Gasteiger partial charge in [-0.1, -0.05) is 24.6 Å². The largest absolute Gasteiger partial charge is 0.493 e. The van der Waals surface area contributed by atoms with E-state index in [-0.39, 0.29) is 28.2 Å². The van der Waals surface area contributed by atoms with Crippen LogP contribution in [0.15, 0.2) is 36.4 Å². The molecule has 0 saturated carbocycles. The van der Waals surface area contributed by atoms with Crippen molar-refractivity contribution in [2.75, 3.05) is 25.2 Å². The zero-order chi connectivity index (χ0) is 20.9. The highest BCUT2D eigenvalue weighted by atomic mass is 35.5. The van der Waals surface area contributed by atoms with E-state index in [1.807, 2.05) is 19.1 Å². The summed E-state index contributed by atoms with van der Waals surface area (Å²) in [7, 11) is -0.325. The van der Waals surface area contributed by atoms with Gasteiger partial charge in [0.05, 0.1) is 37.1 Å². The summed E-state index contributed by atoms with van der Waals surface area (Å²) < 4.78 is 35.5. The van der Waals surface area contributed by atoms with Gasteiger partial charge in [0, 0.05) is 5.69 Å². The molecule has 0 saturated heterocycles. The molecule has 2 rings (SSSR count). The van der Waals surface area contributed by atoms with E-state index in [1.54, 1.807) is 20.3 Å². The standard InChI is InChI=1S/C19H23ClN2O5S/c1-5-16(12-6-9-17(26-2)18(10-12)27-3)21-19(23)14-8-7-13(11-15(14)20)22-28(4,24)25/h6-11,16,22H,5H2,1-4H3,(H,21,23). The molecule has 0 aliphatic carbocycles. The molecule has 1 unspecified atom stereocenters. The minimum Gasteiger partial charge on any atom is -0.493 e. The Morgan fingerprint density at radius 1 is 1.11 bits per heavy atom. The van der Waals surface area contributed by atoms with Gasteiger partial charge >= 0.3 is 0 Å². The van der Waals surface area contributed by atoms with Crippen molar-refractivity contribution >= 4 is 33.2 Å². The van der Waals surface area contributed by atoms with Gasteiger partial charge in [0.25, 0.3) is 5.91 Å². The van der Waals surface area contributed by atoms with Gasteiger partial charge in [0.1, 0.15) is 0 Å². The third-order valence-corrected chi connectivity index (χ3v) is 4.96. The first-order valence-electron chi connectivity index (χ1n) is 8.48. The van der Waals surface area contributed by atoms with Gasteiger partial charge < -0.3 is 14.8 Å². The Balaban J connectivity index is 2.22. The van der Waals surface area contributed by atoms with Gasteiger partial charge in [-0.2, -0.15) is 0 Å². The minimum absolute atomic E-state index is 0.147. The van der Waals surface area contributed by atoms with E-state index in [2.05, 4.69) is 10.0 Å². The van der Waals surface area contributed by atoms with Gasteiger partial charge in [0.15, 0.2) is 11.5 Å². The summed E-state index contributed by atoms with van der Waals surface area (Å²) in [6.45, 7) is 1.95. The summed E-state index contributed by atoms with van der Waals surface area (Å²) in [6, 6.07) is 9.55. The van der Waals surface area contributed by atoms with Crippen molar-refractivity contribution in [1.29, 1.82) is 0 Å². The van der Waals surface area contributed by atoms with Crippen LogP contribution in [0, 0.1) is 0 Å². The van der Waals surface area contributed by atoms with Crippen LogP contribution in [0.5, 0.6) is 11.5 Å². The monoisotopic (exact) mass is 426 g/mol. The summed E-state index contributed by atoms with van der Waals surface area (Å²) in [6.07, 6.45) is 1.68. The molecule has 1 atom stereocenters. The number of hydrogen-bond acceptors (Lipinski definition) is 5. The van der Waals surface area contributed by atoms with Crippen molar-refractivity contribution in [3.8, 4) is 11.5 Å². The van der Waals surface area contributed by atoms with Gasteiger partial charge in [-0.3, -0.25) is 9.52 Å². The lowest BCUT2D eigenvalue weighted by molar-refractivity contribution is 0.0935. The number of ether oxygens (including phenoxy) is 2. The normalized spacial score (nSPS) is 12.2. The van der Waals surface area contributed by atoms with Crippen LogP contribution in [0.2, 0.25) is 5.02 Å². The second-order valence-corrected chi connectivity index (χ2v) is 8.27. The van der Waals surface area contributed by atoms with Gasteiger partial charge in [-0.15, -0.1) is 0 Å². The van der Waals surface area contributed by atoms with Crippen LogP contribution in [0.3, 0.4) is 0 Å². The molecule has 0 aliphatic heterocycles. The Labute approximate surface area is 170 Å². The molecule has 0 aliphatic rings. The molecule has 2 aromatic rings. The number of carbonyl (C=O) groups is 1. The summed E-state index contributed by atoms with van der Waals surface area (Å²) >= 11 is 6.18. The van der Waals surface area contributed by atoms with Crippen LogP contribution in [0.1, 0.15) is 35.3 Å². The van der Waals surface area contributed by atoms with Crippen molar-refractivity contribution in [3.05, 3.63) is 52.5 Å². The molecule has 1 amide bonds. The smallest absolute Gasteiger partial charge is 0.253 e. The lowest BCUT2D eigenvalue weighted by atomic mass is 10.0. The summed E-state index contributed by atoms with van der Waals surface area (Å²) in [5, 5.41) is 3.08. The number of hydrogen-bond donors (Lipinski definition) is 2. The molecule has 0 aromatic heterocycles. The number of benzene rings is 2. The average molecular weight is 427 g/mol. The van der Waals surface area contributed by atoms with Gasteiger partial charge in [-0.25, -0.2) is 8.42 Å². The molecular formula is C19H23ClN2O5S. The highest BCUT2D eigenvalue weighted by molar-refractivity contribution is 7.92. The van der Waals surface area contributed by atoms with E-state index in [1.165, 1.54) is 18.2 Å². The fourth-order valence-corrected chi connectivity index (χ4v) is 3.52. The number of carbonyl (C=O) groups excluding carboxylic acids is 1. The van der Waals surface area contributed by atoms with Crippen LogP contribution in [-0.4, -0.2) is 34.8 Å². The van der Waals surface area contributed by atoms with Crippen LogP contribution < -0.4 is 19.5 Å².